The standard InChI is InChI=1S/C20H26N2O3S/c1-14-18-13-17(12-16-8-5-11-22(19(16)18)20(14)23)26(24,25)21-10-9-15-6-3-2-4-7-15/h6,12-14,21H,2-5,7-11H2,1H3. The third kappa shape index (κ3) is 3.09. The third-order valence-electron chi connectivity index (χ3n) is 5.83. The minimum absolute atomic E-state index is 0.0905. The SMILES string of the molecule is CC1C(=O)N2CCCc3cc(S(=O)(=O)NCCC4=CCCCC4)cc1c32. The Balaban J connectivity index is 1.56. The van der Waals surface area contributed by atoms with Crippen LogP contribution in [0, 0.1) is 0 Å². The van der Waals surface area contributed by atoms with Crippen LogP contribution in [0.15, 0.2) is 28.7 Å². The van der Waals surface area contributed by atoms with Gasteiger partial charge in [0.05, 0.1) is 16.5 Å². The molecule has 1 amide bonds. The summed E-state index contributed by atoms with van der Waals surface area (Å²) < 4.78 is 28.4. The average Bonchev–Trinajstić information content (AvgIpc) is 2.89. The Morgan fingerprint density at radius 1 is 1.19 bits per heavy atom. The van der Waals surface area contributed by atoms with Gasteiger partial charge < -0.3 is 4.90 Å². The number of benzene rings is 1. The number of rotatable bonds is 5. The molecule has 1 N–H and O–H groups in total. The van der Waals surface area contributed by atoms with Crippen LogP contribution in [-0.4, -0.2) is 27.4 Å². The molecule has 0 saturated heterocycles. The third-order valence-corrected chi connectivity index (χ3v) is 7.27. The average molecular weight is 375 g/mol. The maximum Gasteiger partial charge on any atom is 0.240 e. The van der Waals surface area contributed by atoms with Gasteiger partial charge in [-0.1, -0.05) is 11.6 Å². The van der Waals surface area contributed by atoms with Crippen LogP contribution in [0.4, 0.5) is 5.69 Å². The molecule has 6 heteroatoms. The van der Waals surface area contributed by atoms with Gasteiger partial charge >= 0.3 is 0 Å². The van der Waals surface area contributed by atoms with Crippen LogP contribution in [0.2, 0.25) is 0 Å². The highest BCUT2D eigenvalue weighted by Crippen LogP contribution is 2.43. The zero-order valence-electron chi connectivity index (χ0n) is 15.3. The molecule has 1 aromatic carbocycles. The zero-order valence-corrected chi connectivity index (χ0v) is 16.1. The number of hydrogen-bond donors (Lipinski definition) is 1. The van der Waals surface area contributed by atoms with Gasteiger partial charge in [0.15, 0.2) is 0 Å². The van der Waals surface area contributed by atoms with Crippen molar-refractivity contribution in [2.45, 2.75) is 62.7 Å². The largest absolute Gasteiger partial charge is 0.311 e. The van der Waals surface area contributed by atoms with E-state index >= 15 is 0 Å². The van der Waals surface area contributed by atoms with Gasteiger partial charge in [-0.3, -0.25) is 4.79 Å². The monoisotopic (exact) mass is 374 g/mol. The Labute approximate surface area is 155 Å². The van der Waals surface area contributed by atoms with Crippen LogP contribution in [0.3, 0.4) is 0 Å². The summed E-state index contributed by atoms with van der Waals surface area (Å²) >= 11 is 0. The van der Waals surface area contributed by atoms with Crippen molar-refractivity contribution in [3.8, 4) is 0 Å². The number of hydrogen-bond acceptors (Lipinski definition) is 3. The fraction of sp³-hybridized carbons (Fsp3) is 0.550. The van der Waals surface area contributed by atoms with E-state index in [1.807, 2.05) is 11.8 Å². The maximum atomic E-state index is 12.8. The topological polar surface area (TPSA) is 66.5 Å². The summed E-state index contributed by atoms with van der Waals surface area (Å²) in [6, 6.07) is 3.47. The summed E-state index contributed by atoms with van der Waals surface area (Å²) in [5, 5.41) is 0. The highest BCUT2D eigenvalue weighted by molar-refractivity contribution is 7.89. The Hall–Kier alpha value is -1.66. The highest BCUT2D eigenvalue weighted by Gasteiger charge is 2.38. The van der Waals surface area contributed by atoms with Crippen LogP contribution < -0.4 is 9.62 Å². The molecule has 0 bridgehead atoms. The quantitative estimate of drug-likeness (QED) is 0.805. The zero-order chi connectivity index (χ0) is 18.3. The fourth-order valence-corrected chi connectivity index (χ4v) is 5.50. The first-order valence-corrected chi connectivity index (χ1v) is 11.1. The van der Waals surface area contributed by atoms with Gasteiger partial charge in [0, 0.05) is 13.1 Å². The molecule has 2 heterocycles. The molecule has 1 aromatic rings. The first-order chi connectivity index (χ1) is 12.5. The van der Waals surface area contributed by atoms with Gasteiger partial charge in [-0.15, -0.1) is 0 Å². The van der Waals surface area contributed by atoms with E-state index in [0.717, 1.165) is 55.5 Å². The number of aryl methyl sites for hydroxylation is 1. The van der Waals surface area contributed by atoms with Crippen LogP contribution in [0.25, 0.3) is 0 Å². The lowest BCUT2D eigenvalue weighted by atomic mass is 9.97. The van der Waals surface area contributed by atoms with Crippen molar-refractivity contribution in [1.82, 2.24) is 4.72 Å². The lowest BCUT2D eigenvalue weighted by Gasteiger charge is -2.26. The number of amides is 1. The molecule has 1 atom stereocenters. The molecule has 5 nitrogen and oxygen atoms in total. The molecule has 0 aromatic heterocycles. The molecule has 2 aliphatic heterocycles. The van der Waals surface area contributed by atoms with Gasteiger partial charge in [-0.25, -0.2) is 13.1 Å². The van der Waals surface area contributed by atoms with E-state index in [0.29, 0.717) is 11.4 Å². The second kappa shape index (κ2) is 6.82. The molecular formula is C20H26N2O3S. The van der Waals surface area contributed by atoms with E-state index in [-0.39, 0.29) is 11.8 Å². The molecule has 1 unspecified atom stereocenters. The van der Waals surface area contributed by atoms with Crippen LogP contribution in [0.5, 0.6) is 0 Å². The van der Waals surface area contributed by atoms with E-state index in [1.165, 1.54) is 18.4 Å². The Bertz CT molecular complexity index is 873. The van der Waals surface area contributed by atoms with E-state index < -0.39 is 10.0 Å². The minimum Gasteiger partial charge on any atom is -0.311 e. The summed E-state index contributed by atoms with van der Waals surface area (Å²) in [6.45, 7) is 3.04. The Morgan fingerprint density at radius 2 is 2.04 bits per heavy atom. The smallest absolute Gasteiger partial charge is 0.240 e. The minimum atomic E-state index is -3.56. The summed E-state index contributed by atoms with van der Waals surface area (Å²) in [4.78, 5) is 14.6. The lowest BCUT2D eigenvalue weighted by molar-refractivity contribution is -0.119. The predicted molar refractivity (Wildman–Crippen MR) is 102 cm³/mol. The number of sulfonamides is 1. The van der Waals surface area contributed by atoms with Crippen molar-refractivity contribution in [2.24, 2.45) is 0 Å². The molecule has 1 aliphatic carbocycles. The van der Waals surface area contributed by atoms with Crippen molar-refractivity contribution >= 4 is 21.6 Å². The second-order valence-electron chi connectivity index (χ2n) is 7.59. The van der Waals surface area contributed by atoms with Gasteiger partial charge in [0.1, 0.15) is 0 Å². The van der Waals surface area contributed by atoms with Crippen molar-refractivity contribution in [1.29, 1.82) is 0 Å². The molecule has 0 spiro atoms. The molecular weight excluding hydrogens is 348 g/mol. The summed E-state index contributed by atoms with van der Waals surface area (Å²) in [6.07, 6.45) is 9.37. The Kier molecular flexibility index (Phi) is 4.65. The molecule has 0 fully saturated rings. The number of nitrogens with zero attached hydrogens (tertiary/aromatic N) is 1. The number of anilines is 1. The van der Waals surface area contributed by atoms with Crippen LogP contribution in [-0.2, 0) is 21.2 Å². The second-order valence-corrected chi connectivity index (χ2v) is 9.36. The molecule has 26 heavy (non-hydrogen) atoms. The maximum absolute atomic E-state index is 12.8. The van der Waals surface area contributed by atoms with Gasteiger partial charge in [-0.2, -0.15) is 0 Å². The van der Waals surface area contributed by atoms with Crippen molar-refractivity contribution in [3.05, 3.63) is 34.9 Å². The highest BCUT2D eigenvalue weighted by atomic mass is 32.2. The summed E-state index contributed by atoms with van der Waals surface area (Å²) in [5.74, 6) is -0.169. The van der Waals surface area contributed by atoms with Gasteiger partial charge in [0.2, 0.25) is 15.9 Å². The van der Waals surface area contributed by atoms with Crippen molar-refractivity contribution < 1.29 is 13.2 Å². The van der Waals surface area contributed by atoms with Crippen molar-refractivity contribution in [3.63, 3.8) is 0 Å². The Morgan fingerprint density at radius 3 is 2.81 bits per heavy atom. The van der Waals surface area contributed by atoms with E-state index in [1.54, 1.807) is 12.1 Å². The number of carbonyl (C=O) groups excluding carboxylic acids is 1. The molecule has 0 saturated carbocycles. The molecule has 3 aliphatic rings. The summed E-state index contributed by atoms with van der Waals surface area (Å²) in [5.41, 5.74) is 4.17. The van der Waals surface area contributed by atoms with Gasteiger partial charge in [-0.05, 0) is 75.1 Å². The fourth-order valence-electron chi connectivity index (χ4n) is 4.38. The van der Waals surface area contributed by atoms with Crippen LogP contribution >= 0.6 is 0 Å². The van der Waals surface area contributed by atoms with E-state index in [2.05, 4.69) is 10.8 Å². The number of nitrogens with one attached hydrogen (secondary N) is 1. The van der Waals surface area contributed by atoms with E-state index in [9.17, 15) is 13.2 Å². The van der Waals surface area contributed by atoms with Crippen molar-refractivity contribution in [2.75, 3.05) is 18.0 Å². The van der Waals surface area contributed by atoms with E-state index in [4.69, 9.17) is 0 Å². The van der Waals surface area contributed by atoms with Gasteiger partial charge in [0.25, 0.3) is 0 Å². The normalized spacial score (nSPS) is 22.3. The number of carbonyl (C=O) groups is 1. The number of allylic oxidation sites excluding steroid dienone is 1. The lowest BCUT2D eigenvalue weighted by Crippen LogP contribution is -2.32. The molecule has 4 rings (SSSR count). The van der Waals surface area contributed by atoms with Crippen LogP contribution in [0.1, 0.15) is 62.5 Å². The molecule has 0 radical (unpaired) electrons. The first kappa shape index (κ1) is 17.7. The predicted octanol–water partition coefficient (Wildman–Crippen LogP) is 3.25. The summed E-state index contributed by atoms with van der Waals surface area (Å²) in [7, 11) is -3.56. The molecule has 140 valence electrons. The first-order valence-electron chi connectivity index (χ1n) is 9.63.